The molecule has 9 rings (SSSR count). The van der Waals surface area contributed by atoms with Gasteiger partial charge in [0.2, 0.25) is 0 Å². The van der Waals surface area contributed by atoms with Crippen molar-refractivity contribution in [2.75, 3.05) is 0 Å². The van der Waals surface area contributed by atoms with Crippen molar-refractivity contribution in [2.24, 2.45) is 0 Å². The minimum Gasteiger partial charge on any atom is -0.260 e. The number of benzene rings is 7. The van der Waals surface area contributed by atoms with Gasteiger partial charge in [-0.15, -0.1) is 0 Å². The molecule has 284 valence electrons. The Balaban J connectivity index is 1.16. The summed E-state index contributed by atoms with van der Waals surface area (Å²) in [5, 5.41) is 0. The maximum atomic E-state index is 14.7. The van der Waals surface area contributed by atoms with E-state index in [-0.39, 0.29) is 11.4 Å². The minimum absolute atomic E-state index is 0.162. The Kier molecular flexibility index (Phi) is 9.87. The number of imidazole rings is 2. The number of rotatable bonds is 10. The second-order valence-electron chi connectivity index (χ2n) is 14.1. The topological polar surface area (TPSA) is 53.9 Å². The molecule has 0 N–H and O–H groups in total. The zero-order valence-corrected chi connectivity index (χ0v) is 32.5. The molecule has 6 heteroatoms. The molecule has 0 saturated heterocycles. The average Bonchev–Trinajstić information content (AvgIpc) is 3.79. The number of nitrogens with zero attached hydrogens (tertiary/aromatic N) is 4. The van der Waals surface area contributed by atoms with Crippen molar-refractivity contribution >= 4 is 5.57 Å². The van der Waals surface area contributed by atoms with Crippen LogP contribution in [0.4, 0.5) is 0 Å². The van der Waals surface area contributed by atoms with E-state index in [1.807, 2.05) is 218 Å². The number of hydrogen-bond acceptors (Lipinski definition) is 2. The molecule has 0 fully saturated rings. The molecule has 0 aliphatic heterocycles. The Bertz CT molecular complexity index is 3050. The van der Waals surface area contributed by atoms with Crippen LogP contribution in [0.15, 0.2) is 229 Å². The molecule has 59 heavy (non-hydrogen) atoms. The van der Waals surface area contributed by atoms with Gasteiger partial charge in [-0.2, -0.15) is 0 Å². The first-order valence-corrected chi connectivity index (χ1v) is 19.6. The highest BCUT2D eigenvalue weighted by Crippen LogP contribution is 2.37. The molecule has 0 unspecified atom stereocenters. The van der Waals surface area contributed by atoms with E-state index in [0.717, 1.165) is 78.9 Å². The summed E-state index contributed by atoms with van der Waals surface area (Å²) >= 11 is 0. The first-order valence-electron chi connectivity index (χ1n) is 19.6. The van der Waals surface area contributed by atoms with Crippen molar-refractivity contribution < 1.29 is 0 Å². The molecular weight excluding hydrogens is 725 g/mol. The summed E-state index contributed by atoms with van der Waals surface area (Å²) < 4.78 is 7.18. The highest BCUT2D eigenvalue weighted by Gasteiger charge is 2.26. The predicted molar refractivity (Wildman–Crippen MR) is 242 cm³/mol. The van der Waals surface area contributed by atoms with Gasteiger partial charge in [0.05, 0.1) is 45.5 Å². The van der Waals surface area contributed by atoms with E-state index >= 15 is 0 Å². The maximum Gasteiger partial charge on any atom is 0.338 e. The first-order chi connectivity index (χ1) is 29.1. The Morgan fingerprint density at radius 3 is 1.05 bits per heavy atom. The molecule has 0 amide bonds. The van der Waals surface area contributed by atoms with E-state index in [1.165, 1.54) is 0 Å². The molecular formula is C53H40N4O2. The Hall–Kier alpha value is -7.96. The lowest BCUT2D eigenvalue weighted by Gasteiger charge is -2.13. The van der Waals surface area contributed by atoms with Gasteiger partial charge in [0, 0.05) is 16.7 Å². The lowest BCUT2D eigenvalue weighted by atomic mass is 10.0. The molecule has 7 aromatic carbocycles. The molecule has 6 nitrogen and oxygen atoms in total. The largest absolute Gasteiger partial charge is 0.338 e. The summed E-state index contributed by atoms with van der Waals surface area (Å²) in [4.78, 5) is 29.4. The second kappa shape index (κ2) is 15.9. The molecule has 0 aliphatic rings. The standard InChI is InChI=1S/C53H40N4O2/c1-3-38(4-2)48-49(41-20-10-5-11-21-41)54(44-26-16-8-17-27-44)52(58)56(48)46-34-30-39(31-35-46)40-32-36-47(37-33-40)57-51(43-24-14-7-15-25-43)50(42-22-12-6-13-23-42)55(53(57)59)45-28-18-9-19-29-45/h3-37H,1H2,2H3/b38-4+. The first kappa shape index (κ1) is 36.7. The Morgan fingerprint density at radius 2 is 0.678 bits per heavy atom. The van der Waals surface area contributed by atoms with Crippen LogP contribution in [0, 0.1) is 0 Å². The molecule has 0 saturated carbocycles. The average molecular weight is 765 g/mol. The summed E-state index contributed by atoms with van der Waals surface area (Å²) in [5.74, 6) is 0. The van der Waals surface area contributed by atoms with E-state index in [9.17, 15) is 9.59 Å². The van der Waals surface area contributed by atoms with Gasteiger partial charge >= 0.3 is 11.4 Å². The third-order valence-corrected chi connectivity index (χ3v) is 10.7. The molecule has 2 heterocycles. The zero-order valence-electron chi connectivity index (χ0n) is 32.5. The van der Waals surface area contributed by atoms with E-state index in [0.29, 0.717) is 0 Å². The van der Waals surface area contributed by atoms with Gasteiger partial charge in [-0.05, 0) is 72.2 Å². The summed E-state index contributed by atoms with van der Waals surface area (Å²) in [5.41, 5.74) is 11.4. The normalized spacial score (nSPS) is 11.4. The van der Waals surface area contributed by atoms with Gasteiger partial charge in [-0.25, -0.2) is 9.59 Å². The van der Waals surface area contributed by atoms with Crippen LogP contribution in [-0.4, -0.2) is 18.3 Å². The van der Waals surface area contributed by atoms with Gasteiger partial charge in [0.1, 0.15) is 0 Å². The fourth-order valence-corrected chi connectivity index (χ4v) is 7.93. The van der Waals surface area contributed by atoms with Gasteiger partial charge in [-0.3, -0.25) is 18.3 Å². The van der Waals surface area contributed by atoms with Crippen LogP contribution >= 0.6 is 0 Å². The highest BCUT2D eigenvalue weighted by atomic mass is 16.2. The predicted octanol–water partition coefficient (Wildman–Crippen LogP) is 11.8. The van der Waals surface area contributed by atoms with Crippen LogP contribution in [0.3, 0.4) is 0 Å². The quantitative estimate of drug-likeness (QED) is 0.130. The van der Waals surface area contributed by atoms with E-state index < -0.39 is 0 Å². The minimum atomic E-state index is -0.180. The Labute approximate surface area is 342 Å². The lowest BCUT2D eigenvalue weighted by Crippen LogP contribution is -2.23. The van der Waals surface area contributed by atoms with Gasteiger partial charge in [0.15, 0.2) is 0 Å². The van der Waals surface area contributed by atoms with Crippen LogP contribution in [0.1, 0.15) is 12.6 Å². The summed E-state index contributed by atoms with van der Waals surface area (Å²) in [7, 11) is 0. The highest BCUT2D eigenvalue weighted by molar-refractivity contribution is 5.85. The molecule has 0 atom stereocenters. The van der Waals surface area contributed by atoms with E-state index in [1.54, 1.807) is 19.8 Å². The van der Waals surface area contributed by atoms with E-state index in [4.69, 9.17) is 0 Å². The van der Waals surface area contributed by atoms with Crippen molar-refractivity contribution in [3.8, 4) is 67.6 Å². The molecule has 0 radical (unpaired) electrons. The number of aromatic nitrogens is 4. The van der Waals surface area contributed by atoms with E-state index in [2.05, 4.69) is 6.58 Å². The van der Waals surface area contributed by atoms with Crippen molar-refractivity contribution in [1.82, 2.24) is 18.3 Å². The van der Waals surface area contributed by atoms with Crippen molar-refractivity contribution in [2.45, 2.75) is 6.92 Å². The Morgan fingerprint density at radius 1 is 0.373 bits per heavy atom. The lowest BCUT2D eigenvalue weighted by molar-refractivity contribution is 0.906. The third kappa shape index (κ3) is 6.62. The number of allylic oxidation sites excluding steroid dienone is 3. The van der Waals surface area contributed by atoms with Crippen LogP contribution in [-0.2, 0) is 0 Å². The number of hydrogen-bond donors (Lipinski definition) is 0. The van der Waals surface area contributed by atoms with Crippen molar-refractivity contribution in [1.29, 1.82) is 0 Å². The molecule has 9 aromatic rings. The molecule has 0 aliphatic carbocycles. The van der Waals surface area contributed by atoms with Gasteiger partial charge < -0.3 is 0 Å². The third-order valence-electron chi connectivity index (χ3n) is 10.7. The summed E-state index contributed by atoms with van der Waals surface area (Å²) in [6, 6.07) is 65.8. The maximum absolute atomic E-state index is 14.7. The van der Waals surface area contributed by atoms with Crippen molar-refractivity contribution in [3.63, 3.8) is 0 Å². The van der Waals surface area contributed by atoms with Gasteiger partial charge in [0.25, 0.3) is 0 Å². The second-order valence-corrected chi connectivity index (χ2v) is 14.1. The van der Waals surface area contributed by atoms with Crippen molar-refractivity contribution in [3.05, 3.63) is 246 Å². The number of para-hydroxylation sites is 2. The van der Waals surface area contributed by atoms with Gasteiger partial charge in [-0.1, -0.05) is 170 Å². The monoisotopic (exact) mass is 764 g/mol. The fraction of sp³-hybridized carbons (Fsp3) is 0.0189. The summed E-state index contributed by atoms with van der Waals surface area (Å²) in [6.45, 7) is 6.08. The SMILES string of the molecule is C=C/C(=C\C)c1c(-c2ccccc2)n(-c2ccccc2)c(=O)n1-c1ccc(-c2ccc(-n3c(-c4ccccc4)c(-c4ccccc4)n(-c4ccccc4)c3=O)cc2)cc1. The molecule has 0 bridgehead atoms. The zero-order chi connectivity index (χ0) is 40.3. The van der Waals surface area contributed by atoms with Crippen LogP contribution in [0.5, 0.6) is 0 Å². The van der Waals surface area contributed by atoms with Crippen LogP contribution in [0.2, 0.25) is 0 Å². The molecule has 2 aromatic heterocycles. The smallest absolute Gasteiger partial charge is 0.260 e. The van der Waals surface area contributed by atoms with Crippen LogP contribution in [0.25, 0.3) is 73.2 Å². The fourth-order valence-electron chi connectivity index (χ4n) is 7.93. The van der Waals surface area contributed by atoms with Crippen LogP contribution < -0.4 is 11.4 Å². The summed E-state index contributed by atoms with van der Waals surface area (Å²) in [6.07, 6.45) is 3.79. The molecule has 0 spiro atoms.